The predicted octanol–water partition coefficient (Wildman–Crippen LogP) is -0.292. The standard InChI is InChI=1S/C7H8N4O/c1-11(2)7-9-4-5(3-8)6(12)10-7/h4H,1-2H3,(H,9,10,12). The molecular weight excluding hydrogens is 156 g/mol. The lowest BCUT2D eigenvalue weighted by atomic mass is 10.4. The summed E-state index contributed by atoms with van der Waals surface area (Å²) >= 11 is 0. The van der Waals surface area contributed by atoms with E-state index in [2.05, 4.69) is 9.97 Å². The second-order valence-electron chi connectivity index (χ2n) is 2.46. The molecule has 0 aliphatic heterocycles. The maximum Gasteiger partial charge on any atom is 0.270 e. The summed E-state index contributed by atoms with van der Waals surface area (Å²) in [6.45, 7) is 0. The van der Waals surface area contributed by atoms with Gasteiger partial charge in [-0.2, -0.15) is 5.26 Å². The minimum Gasteiger partial charge on any atom is -0.348 e. The molecule has 0 atom stereocenters. The fourth-order valence-corrected chi connectivity index (χ4v) is 0.692. The van der Waals surface area contributed by atoms with Gasteiger partial charge in [-0.05, 0) is 0 Å². The van der Waals surface area contributed by atoms with E-state index in [1.54, 1.807) is 25.1 Å². The number of hydrogen-bond acceptors (Lipinski definition) is 4. The highest BCUT2D eigenvalue weighted by Crippen LogP contribution is 1.96. The molecular formula is C7H8N4O. The zero-order valence-electron chi connectivity index (χ0n) is 6.83. The number of rotatable bonds is 1. The maximum absolute atomic E-state index is 11.0. The summed E-state index contributed by atoms with van der Waals surface area (Å²) in [5.74, 6) is 0.444. The van der Waals surface area contributed by atoms with E-state index in [1.165, 1.54) is 6.20 Å². The van der Waals surface area contributed by atoms with Crippen molar-refractivity contribution < 1.29 is 0 Å². The van der Waals surface area contributed by atoms with Crippen molar-refractivity contribution in [2.45, 2.75) is 0 Å². The molecule has 1 N–H and O–H groups in total. The van der Waals surface area contributed by atoms with E-state index in [9.17, 15) is 4.79 Å². The molecule has 0 aliphatic rings. The molecule has 1 aromatic heterocycles. The molecule has 0 bridgehead atoms. The first-order valence-corrected chi connectivity index (χ1v) is 3.32. The summed E-state index contributed by atoms with van der Waals surface area (Å²) in [7, 11) is 3.51. The van der Waals surface area contributed by atoms with Crippen molar-refractivity contribution in [3.05, 3.63) is 22.1 Å². The smallest absolute Gasteiger partial charge is 0.270 e. The van der Waals surface area contributed by atoms with Gasteiger partial charge in [0.05, 0.1) is 6.20 Å². The lowest BCUT2D eigenvalue weighted by molar-refractivity contribution is 0.975. The van der Waals surface area contributed by atoms with Crippen LogP contribution in [-0.2, 0) is 0 Å². The van der Waals surface area contributed by atoms with Gasteiger partial charge in [0, 0.05) is 14.1 Å². The van der Waals surface area contributed by atoms with E-state index in [1.807, 2.05) is 0 Å². The Hall–Kier alpha value is -1.83. The van der Waals surface area contributed by atoms with Crippen LogP contribution in [0.25, 0.3) is 0 Å². The fraction of sp³-hybridized carbons (Fsp3) is 0.286. The Morgan fingerprint density at radius 2 is 2.33 bits per heavy atom. The van der Waals surface area contributed by atoms with E-state index >= 15 is 0 Å². The molecule has 1 heterocycles. The molecule has 0 saturated carbocycles. The Morgan fingerprint density at radius 1 is 1.67 bits per heavy atom. The van der Waals surface area contributed by atoms with Crippen molar-refractivity contribution in [3.63, 3.8) is 0 Å². The number of aromatic amines is 1. The van der Waals surface area contributed by atoms with Crippen molar-refractivity contribution in [1.82, 2.24) is 9.97 Å². The normalized spacial score (nSPS) is 9.08. The van der Waals surface area contributed by atoms with Gasteiger partial charge in [0.15, 0.2) is 0 Å². The van der Waals surface area contributed by atoms with E-state index in [4.69, 9.17) is 5.26 Å². The molecule has 5 nitrogen and oxygen atoms in total. The molecule has 0 spiro atoms. The highest BCUT2D eigenvalue weighted by Gasteiger charge is 2.01. The molecule has 62 valence electrons. The number of nitrogens with one attached hydrogen (secondary N) is 1. The highest BCUT2D eigenvalue weighted by molar-refractivity contribution is 5.31. The van der Waals surface area contributed by atoms with Gasteiger partial charge in [0.2, 0.25) is 5.95 Å². The van der Waals surface area contributed by atoms with E-state index in [0.717, 1.165) is 0 Å². The third-order valence-electron chi connectivity index (χ3n) is 1.33. The monoisotopic (exact) mass is 164 g/mol. The summed E-state index contributed by atoms with van der Waals surface area (Å²) in [6, 6.07) is 1.74. The van der Waals surface area contributed by atoms with E-state index in [0.29, 0.717) is 5.95 Å². The first kappa shape index (κ1) is 8.27. The van der Waals surface area contributed by atoms with Crippen LogP contribution in [0.1, 0.15) is 5.56 Å². The van der Waals surface area contributed by atoms with Gasteiger partial charge < -0.3 is 4.90 Å². The molecule has 0 unspecified atom stereocenters. The molecule has 5 heteroatoms. The SMILES string of the molecule is CN(C)c1ncc(C#N)c(=O)[nH]1. The zero-order chi connectivity index (χ0) is 9.14. The van der Waals surface area contributed by atoms with Gasteiger partial charge in [0.1, 0.15) is 11.6 Å². The average Bonchev–Trinajstić information content (AvgIpc) is 2.04. The minimum atomic E-state index is -0.406. The van der Waals surface area contributed by atoms with Gasteiger partial charge in [-0.3, -0.25) is 9.78 Å². The lowest BCUT2D eigenvalue weighted by Crippen LogP contribution is -2.19. The molecule has 0 radical (unpaired) electrons. The first-order chi connectivity index (χ1) is 5.65. The van der Waals surface area contributed by atoms with E-state index in [-0.39, 0.29) is 5.56 Å². The van der Waals surface area contributed by atoms with Crippen LogP contribution >= 0.6 is 0 Å². The Morgan fingerprint density at radius 3 is 2.75 bits per heavy atom. The largest absolute Gasteiger partial charge is 0.348 e. The van der Waals surface area contributed by atoms with E-state index < -0.39 is 5.56 Å². The van der Waals surface area contributed by atoms with Gasteiger partial charge >= 0.3 is 0 Å². The van der Waals surface area contributed by atoms with Crippen LogP contribution in [0.5, 0.6) is 0 Å². The van der Waals surface area contributed by atoms with Crippen LogP contribution in [0.4, 0.5) is 5.95 Å². The topological polar surface area (TPSA) is 72.8 Å². The Labute approximate surface area is 69.3 Å². The fourth-order valence-electron chi connectivity index (χ4n) is 0.692. The van der Waals surface area contributed by atoms with Crippen LogP contribution < -0.4 is 10.5 Å². The van der Waals surface area contributed by atoms with Crippen molar-refractivity contribution in [3.8, 4) is 6.07 Å². The van der Waals surface area contributed by atoms with Gasteiger partial charge in [0.25, 0.3) is 5.56 Å². The minimum absolute atomic E-state index is 0.0283. The third kappa shape index (κ3) is 1.42. The van der Waals surface area contributed by atoms with Gasteiger partial charge in [-0.1, -0.05) is 0 Å². The quantitative estimate of drug-likeness (QED) is 0.618. The van der Waals surface area contributed by atoms with Gasteiger partial charge in [-0.25, -0.2) is 4.98 Å². The first-order valence-electron chi connectivity index (χ1n) is 3.32. The second-order valence-corrected chi connectivity index (χ2v) is 2.46. The van der Waals surface area contributed by atoms with Gasteiger partial charge in [-0.15, -0.1) is 0 Å². The molecule has 0 aromatic carbocycles. The Bertz CT molecular complexity index is 374. The average molecular weight is 164 g/mol. The van der Waals surface area contributed by atoms with Crippen molar-refractivity contribution in [2.24, 2.45) is 0 Å². The van der Waals surface area contributed by atoms with Crippen molar-refractivity contribution >= 4 is 5.95 Å². The summed E-state index contributed by atoms with van der Waals surface area (Å²) in [5, 5.41) is 8.42. The van der Waals surface area contributed by atoms with Crippen LogP contribution in [0.15, 0.2) is 11.0 Å². The third-order valence-corrected chi connectivity index (χ3v) is 1.33. The molecule has 1 rings (SSSR count). The molecule has 0 saturated heterocycles. The number of nitriles is 1. The summed E-state index contributed by atoms with van der Waals surface area (Å²) in [5.41, 5.74) is -0.378. The summed E-state index contributed by atoms with van der Waals surface area (Å²) in [4.78, 5) is 19.0. The number of H-pyrrole nitrogens is 1. The van der Waals surface area contributed by atoms with Crippen molar-refractivity contribution in [2.75, 3.05) is 19.0 Å². The van der Waals surface area contributed by atoms with Crippen LogP contribution in [0.2, 0.25) is 0 Å². The van der Waals surface area contributed by atoms with Crippen LogP contribution in [-0.4, -0.2) is 24.1 Å². The summed E-state index contributed by atoms with van der Waals surface area (Å²) in [6.07, 6.45) is 1.26. The highest BCUT2D eigenvalue weighted by atomic mass is 16.1. The predicted molar refractivity (Wildman–Crippen MR) is 43.9 cm³/mol. The number of hydrogen-bond donors (Lipinski definition) is 1. The zero-order valence-corrected chi connectivity index (χ0v) is 6.83. The lowest BCUT2D eigenvalue weighted by Gasteiger charge is -2.08. The maximum atomic E-state index is 11.0. The number of nitrogens with zero attached hydrogens (tertiary/aromatic N) is 3. The molecule has 0 fully saturated rings. The Kier molecular flexibility index (Phi) is 2.10. The summed E-state index contributed by atoms with van der Waals surface area (Å²) < 4.78 is 0. The molecule has 0 amide bonds. The number of anilines is 1. The Balaban J connectivity index is 3.22. The number of aromatic nitrogens is 2. The second kappa shape index (κ2) is 3.05. The molecule has 1 aromatic rings. The molecule has 0 aliphatic carbocycles. The van der Waals surface area contributed by atoms with Crippen molar-refractivity contribution in [1.29, 1.82) is 5.26 Å². The molecule has 12 heavy (non-hydrogen) atoms. The van der Waals surface area contributed by atoms with Crippen LogP contribution in [0.3, 0.4) is 0 Å². The van der Waals surface area contributed by atoms with Crippen LogP contribution in [0, 0.1) is 11.3 Å².